The molecule has 1 saturated carbocycles. The van der Waals surface area contributed by atoms with E-state index < -0.39 is 0 Å². The molecule has 5 nitrogen and oxygen atoms in total. The number of carbonyl (C=O) groups is 1. The molecule has 0 atom stereocenters. The van der Waals surface area contributed by atoms with Crippen LogP contribution in [0.5, 0.6) is 0 Å². The minimum atomic E-state index is -0.295. The Hall–Kier alpha value is -1.33. The Balaban J connectivity index is 2.00. The van der Waals surface area contributed by atoms with Crippen molar-refractivity contribution in [2.24, 2.45) is 11.8 Å². The monoisotopic (exact) mass is 237 g/mol. The van der Waals surface area contributed by atoms with Crippen molar-refractivity contribution in [2.75, 3.05) is 13.1 Å². The molecule has 1 aromatic rings. The maximum atomic E-state index is 11.5. The fourth-order valence-electron chi connectivity index (χ4n) is 1.92. The summed E-state index contributed by atoms with van der Waals surface area (Å²) in [6, 6.07) is 1.66. The Kier molecular flexibility index (Phi) is 3.81. The van der Waals surface area contributed by atoms with Crippen LogP contribution < -0.4 is 11.3 Å². The van der Waals surface area contributed by atoms with Gasteiger partial charge in [0.1, 0.15) is 5.76 Å². The molecule has 0 bridgehead atoms. The molecule has 0 unspecified atom stereocenters. The van der Waals surface area contributed by atoms with Crippen molar-refractivity contribution in [3.63, 3.8) is 0 Å². The number of hydrazine groups is 1. The van der Waals surface area contributed by atoms with Crippen molar-refractivity contribution in [3.05, 3.63) is 23.7 Å². The van der Waals surface area contributed by atoms with Gasteiger partial charge >= 0.3 is 0 Å². The second kappa shape index (κ2) is 5.33. The number of furan rings is 1. The maximum Gasteiger partial charge on any atom is 0.268 e. The van der Waals surface area contributed by atoms with E-state index in [1.807, 2.05) is 0 Å². The summed E-state index contributed by atoms with van der Waals surface area (Å²) in [5.74, 6) is 6.36. The van der Waals surface area contributed by atoms with Gasteiger partial charge in [0, 0.05) is 6.54 Å². The van der Waals surface area contributed by atoms with Crippen molar-refractivity contribution in [3.8, 4) is 0 Å². The van der Waals surface area contributed by atoms with Crippen molar-refractivity contribution >= 4 is 5.91 Å². The second-order valence-corrected chi connectivity index (χ2v) is 4.50. The van der Waals surface area contributed by atoms with E-state index in [4.69, 9.17) is 10.3 Å². The van der Waals surface area contributed by atoms with Crippen LogP contribution in [0, 0.1) is 5.92 Å². The number of carbonyl (C=O) groups excluding carboxylic acids is 1. The first-order chi connectivity index (χ1) is 8.24. The molecule has 0 saturated heterocycles. The molecule has 1 aliphatic rings. The summed E-state index contributed by atoms with van der Waals surface area (Å²) in [5, 5.41) is 0. The van der Waals surface area contributed by atoms with Crippen LogP contribution in [-0.4, -0.2) is 23.9 Å². The molecule has 1 amide bonds. The molecule has 0 radical (unpaired) electrons. The molecule has 3 N–H and O–H groups in total. The Morgan fingerprint density at radius 1 is 1.65 bits per heavy atom. The highest BCUT2D eigenvalue weighted by Gasteiger charge is 2.25. The molecule has 17 heavy (non-hydrogen) atoms. The molecule has 1 fully saturated rings. The van der Waals surface area contributed by atoms with E-state index in [-0.39, 0.29) is 5.91 Å². The van der Waals surface area contributed by atoms with Gasteiger partial charge in [-0.15, -0.1) is 0 Å². The lowest BCUT2D eigenvalue weighted by Crippen LogP contribution is -2.31. The van der Waals surface area contributed by atoms with Crippen LogP contribution in [0.4, 0.5) is 0 Å². The van der Waals surface area contributed by atoms with E-state index in [2.05, 4.69) is 17.2 Å². The third kappa shape index (κ3) is 3.08. The minimum absolute atomic E-state index is 0.295. The Bertz CT molecular complexity index is 385. The molecule has 1 heterocycles. The summed E-state index contributed by atoms with van der Waals surface area (Å²) in [4.78, 5) is 13.8. The maximum absolute atomic E-state index is 11.5. The Morgan fingerprint density at radius 3 is 3.00 bits per heavy atom. The molecular weight excluding hydrogens is 218 g/mol. The molecule has 0 aliphatic heterocycles. The van der Waals surface area contributed by atoms with Gasteiger partial charge in [-0.05, 0) is 31.4 Å². The van der Waals surface area contributed by atoms with Gasteiger partial charge in [0.15, 0.2) is 0 Å². The predicted molar refractivity (Wildman–Crippen MR) is 64.0 cm³/mol. The summed E-state index contributed by atoms with van der Waals surface area (Å²) < 4.78 is 5.36. The largest absolute Gasteiger partial charge is 0.467 e. The van der Waals surface area contributed by atoms with Crippen molar-refractivity contribution in [1.82, 2.24) is 10.3 Å². The molecule has 1 aliphatic carbocycles. The standard InChI is InChI=1S/C12H19N3O2/c1-2-15(7-9-3-4-9)8-11-10(5-6-17-11)12(16)14-13/h5-6,9H,2-4,7-8,13H2,1H3,(H,14,16). The number of amides is 1. The van der Waals surface area contributed by atoms with E-state index in [0.29, 0.717) is 17.9 Å². The third-order valence-electron chi connectivity index (χ3n) is 3.15. The predicted octanol–water partition coefficient (Wildman–Crippen LogP) is 1.11. The van der Waals surface area contributed by atoms with E-state index in [1.165, 1.54) is 19.1 Å². The third-order valence-corrected chi connectivity index (χ3v) is 3.15. The van der Waals surface area contributed by atoms with Gasteiger partial charge in [-0.3, -0.25) is 15.1 Å². The summed E-state index contributed by atoms with van der Waals surface area (Å²) in [6.45, 7) is 4.83. The minimum Gasteiger partial charge on any atom is -0.467 e. The van der Waals surface area contributed by atoms with Crippen molar-refractivity contribution in [2.45, 2.75) is 26.3 Å². The van der Waals surface area contributed by atoms with E-state index in [9.17, 15) is 4.79 Å². The molecule has 5 heteroatoms. The summed E-state index contributed by atoms with van der Waals surface area (Å²) >= 11 is 0. The molecule has 1 aromatic heterocycles. The van der Waals surface area contributed by atoms with E-state index in [0.717, 1.165) is 19.0 Å². The van der Waals surface area contributed by atoms with Gasteiger partial charge in [-0.1, -0.05) is 6.92 Å². The van der Waals surface area contributed by atoms with Gasteiger partial charge in [-0.2, -0.15) is 0 Å². The fraction of sp³-hybridized carbons (Fsp3) is 0.583. The first kappa shape index (κ1) is 12.1. The van der Waals surface area contributed by atoms with Crippen molar-refractivity contribution < 1.29 is 9.21 Å². The molecule has 94 valence electrons. The van der Waals surface area contributed by atoms with Gasteiger partial charge in [-0.25, -0.2) is 5.84 Å². The average Bonchev–Trinajstić information content (AvgIpc) is 3.04. The first-order valence-electron chi connectivity index (χ1n) is 6.04. The zero-order valence-electron chi connectivity index (χ0n) is 10.1. The van der Waals surface area contributed by atoms with Crippen molar-refractivity contribution in [1.29, 1.82) is 0 Å². The Morgan fingerprint density at radius 2 is 2.41 bits per heavy atom. The topological polar surface area (TPSA) is 71.5 Å². The number of nitrogen functional groups attached to an aromatic ring is 1. The van der Waals surface area contributed by atoms with Crippen LogP contribution in [0.2, 0.25) is 0 Å². The highest BCUT2D eigenvalue weighted by molar-refractivity contribution is 5.94. The zero-order valence-corrected chi connectivity index (χ0v) is 10.1. The lowest BCUT2D eigenvalue weighted by Gasteiger charge is -2.19. The first-order valence-corrected chi connectivity index (χ1v) is 6.04. The number of nitrogens with two attached hydrogens (primary N) is 1. The average molecular weight is 237 g/mol. The molecule has 0 aromatic carbocycles. The van der Waals surface area contributed by atoms with Crippen LogP contribution in [0.15, 0.2) is 16.7 Å². The van der Waals surface area contributed by atoms with Crippen LogP contribution in [0.1, 0.15) is 35.9 Å². The molecular formula is C12H19N3O2. The quantitative estimate of drug-likeness (QED) is 0.442. The van der Waals surface area contributed by atoms with E-state index >= 15 is 0 Å². The van der Waals surface area contributed by atoms with Gasteiger partial charge in [0.05, 0.1) is 18.4 Å². The van der Waals surface area contributed by atoms with Crippen LogP contribution in [-0.2, 0) is 6.54 Å². The number of nitrogens with zero attached hydrogens (tertiary/aromatic N) is 1. The Labute approximate surface area is 101 Å². The molecule has 2 rings (SSSR count). The highest BCUT2D eigenvalue weighted by atomic mass is 16.3. The number of rotatable bonds is 6. The SMILES string of the molecule is CCN(Cc1occc1C(=O)NN)CC1CC1. The molecule has 0 spiro atoms. The van der Waals surface area contributed by atoms with E-state index in [1.54, 1.807) is 6.07 Å². The fourth-order valence-corrected chi connectivity index (χ4v) is 1.92. The highest BCUT2D eigenvalue weighted by Crippen LogP contribution is 2.30. The van der Waals surface area contributed by atoms with Crippen LogP contribution in [0.3, 0.4) is 0 Å². The smallest absolute Gasteiger partial charge is 0.268 e. The van der Waals surface area contributed by atoms with Gasteiger partial charge in [0.2, 0.25) is 0 Å². The summed E-state index contributed by atoms with van der Waals surface area (Å²) in [5.41, 5.74) is 2.66. The normalized spacial score (nSPS) is 15.2. The summed E-state index contributed by atoms with van der Waals surface area (Å²) in [6.07, 6.45) is 4.18. The lowest BCUT2D eigenvalue weighted by atomic mass is 10.2. The number of hydrogen-bond acceptors (Lipinski definition) is 4. The van der Waals surface area contributed by atoms with Gasteiger partial charge in [0.25, 0.3) is 5.91 Å². The van der Waals surface area contributed by atoms with Crippen LogP contribution >= 0.6 is 0 Å². The number of hydrogen-bond donors (Lipinski definition) is 2. The van der Waals surface area contributed by atoms with Gasteiger partial charge < -0.3 is 4.42 Å². The summed E-state index contributed by atoms with van der Waals surface area (Å²) in [7, 11) is 0. The van der Waals surface area contributed by atoms with Crippen LogP contribution in [0.25, 0.3) is 0 Å². The second-order valence-electron chi connectivity index (χ2n) is 4.50. The zero-order chi connectivity index (χ0) is 12.3. The number of nitrogens with one attached hydrogen (secondary N) is 1. The lowest BCUT2D eigenvalue weighted by molar-refractivity contribution is 0.0949.